The molecule has 0 spiro atoms. The summed E-state index contributed by atoms with van der Waals surface area (Å²) in [4.78, 5) is 40.2. The summed E-state index contributed by atoms with van der Waals surface area (Å²) in [6.45, 7) is 3.81. The number of carbonyl (C=O) groups is 3. The molecule has 6 nitrogen and oxygen atoms in total. The Morgan fingerprint density at radius 2 is 1.24 bits per heavy atom. The van der Waals surface area contributed by atoms with Crippen molar-refractivity contribution in [3.63, 3.8) is 0 Å². The van der Waals surface area contributed by atoms with Gasteiger partial charge in [0.2, 0.25) is 0 Å². The lowest BCUT2D eigenvalue weighted by atomic mass is 10.1. The quantitative estimate of drug-likeness (QED) is 0.242. The lowest BCUT2D eigenvalue weighted by Gasteiger charge is -2.28. The van der Waals surface area contributed by atoms with E-state index in [0.717, 1.165) is 20.8 Å². The molecule has 1 aliphatic rings. The van der Waals surface area contributed by atoms with E-state index in [4.69, 9.17) is 4.74 Å². The minimum atomic E-state index is -2.68. The Kier molecular flexibility index (Phi) is 7.24. The van der Waals surface area contributed by atoms with Crippen LogP contribution in [0.2, 0.25) is 0 Å². The van der Waals surface area contributed by atoms with Crippen LogP contribution in [0.4, 0.5) is 4.79 Å². The number of hydrogen-bond acceptors (Lipinski definition) is 5. The number of aliphatic hydroxyl groups excluding tert-OH is 1. The number of carbonyl (C=O) groups excluding carboxylic acids is 3. The number of hydrogen-bond donors (Lipinski definition) is 1. The molecule has 1 N–H and O–H groups in total. The largest absolute Gasteiger partial charge is 0.507 e. The highest BCUT2D eigenvalue weighted by atomic mass is 31.2. The fourth-order valence-electron chi connectivity index (χ4n) is 4.42. The van der Waals surface area contributed by atoms with Crippen LogP contribution in [0.5, 0.6) is 0 Å². The summed E-state index contributed by atoms with van der Waals surface area (Å²) < 4.78 is 5.35. The van der Waals surface area contributed by atoms with Crippen LogP contribution in [-0.2, 0) is 14.3 Å². The van der Waals surface area contributed by atoms with Crippen LogP contribution in [0.1, 0.15) is 27.7 Å². The van der Waals surface area contributed by atoms with Gasteiger partial charge in [-0.1, -0.05) is 91.0 Å². The van der Waals surface area contributed by atoms with Gasteiger partial charge in [0.05, 0.1) is 0 Å². The minimum absolute atomic E-state index is 0.412. The third-order valence-corrected chi connectivity index (χ3v) is 10.1. The number of rotatable bonds is 4. The van der Waals surface area contributed by atoms with Crippen LogP contribution >= 0.6 is 6.89 Å². The number of Topliss-reactive ketones (excluding diaryl/α,β-unsaturated/α-hetero) is 1. The molecule has 0 aromatic heterocycles. The van der Waals surface area contributed by atoms with Crippen LogP contribution in [0, 0.1) is 0 Å². The molecule has 1 heterocycles. The molecular formula is C30H30NO5P. The first kappa shape index (κ1) is 26.2. The van der Waals surface area contributed by atoms with E-state index in [1.165, 1.54) is 6.92 Å². The summed E-state index contributed by atoms with van der Waals surface area (Å²) in [5.74, 6) is -0.300. The average Bonchev–Trinajstić information content (AvgIpc) is 3.10. The molecule has 0 aliphatic carbocycles. The van der Waals surface area contributed by atoms with Crippen molar-refractivity contribution in [3.05, 3.63) is 102 Å². The van der Waals surface area contributed by atoms with E-state index in [-0.39, 0.29) is 0 Å². The van der Waals surface area contributed by atoms with E-state index < -0.39 is 47.6 Å². The zero-order valence-electron chi connectivity index (χ0n) is 21.3. The van der Waals surface area contributed by atoms with Crippen LogP contribution < -0.4 is 15.9 Å². The van der Waals surface area contributed by atoms with Crippen molar-refractivity contribution in [3.8, 4) is 0 Å². The lowest BCUT2D eigenvalue weighted by Crippen LogP contribution is -2.42. The lowest BCUT2D eigenvalue weighted by molar-refractivity contribution is -0.125. The number of amides is 2. The predicted octanol–water partition coefficient (Wildman–Crippen LogP) is 4.33. The standard InChI is InChI=1S/C30H30NO5P/c1-21-27(33)26(28(34)31(21)29(35)36-30(2,3)4)25(32)20-37(22-14-8-5-9-15-22,23-16-10-6-11-17-23)24-18-12-7-13-19-24/h5-21,32H,1-4H3/b26-25+/t21-/m0/s1. The van der Waals surface area contributed by atoms with Crippen molar-refractivity contribution in [1.82, 2.24) is 4.90 Å². The first-order valence-corrected chi connectivity index (χ1v) is 13.9. The molecule has 0 saturated carbocycles. The van der Waals surface area contributed by atoms with Gasteiger partial charge in [-0.25, -0.2) is 9.69 Å². The van der Waals surface area contributed by atoms with Gasteiger partial charge in [0.15, 0.2) is 5.78 Å². The second-order valence-corrected chi connectivity index (χ2v) is 13.1. The molecule has 190 valence electrons. The van der Waals surface area contributed by atoms with Gasteiger partial charge in [-0.3, -0.25) is 9.59 Å². The predicted molar refractivity (Wildman–Crippen MR) is 148 cm³/mol. The van der Waals surface area contributed by atoms with Gasteiger partial charge in [-0.05, 0) is 56.3 Å². The first-order chi connectivity index (χ1) is 17.6. The SMILES string of the molecule is C[C@H]1C(=O)/C(=C(\O)C=P(c2ccccc2)(c2ccccc2)c2ccccc2)C(=O)N1C(=O)OC(C)(C)C. The second-order valence-electron chi connectivity index (χ2n) is 9.81. The van der Waals surface area contributed by atoms with Crippen molar-refractivity contribution < 1.29 is 24.2 Å². The summed E-state index contributed by atoms with van der Waals surface area (Å²) in [6.07, 6.45) is -0.920. The van der Waals surface area contributed by atoms with Crippen LogP contribution in [-0.4, -0.2) is 45.2 Å². The van der Waals surface area contributed by atoms with Crippen molar-refractivity contribution in [1.29, 1.82) is 0 Å². The maximum Gasteiger partial charge on any atom is 0.418 e. The molecule has 1 atom stereocenters. The second kappa shape index (κ2) is 10.2. The van der Waals surface area contributed by atoms with Gasteiger partial charge in [-0.2, -0.15) is 0 Å². The highest BCUT2D eigenvalue weighted by molar-refractivity contribution is 7.94. The highest BCUT2D eigenvalue weighted by Crippen LogP contribution is 2.44. The van der Waals surface area contributed by atoms with Crippen molar-refractivity contribution in [2.75, 3.05) is 0 Å². The Bertz CT molecular complexity index is 1300. The van der Waals surface area contributed by atoms with Crippen molar-refractivity contribution >= 4 is 46.4 Å². The zero-order chi connectivity index (χ0) is 26.8. The van der Waals surface area contributed by atoms with Crippen molar-refractivity contribution in [2.45, 2.75) is 39.3 Å². The molecule has 37 heavy (non-hydrogen) atoms. The van der Waals surface area contributed by atoms with Crippen LogP contribution in [0.15, 0.2) is 102 Å². The maximum absolute atomic E-state index is 13.4. The Labute approximate surface area is 217 Å². The van der Waals surface area contributed by atoms with Gasteiger partial charge < -0.3 is 9.84 Å². The smallest absolute Gasteiger partial charge is 0.418 e. The summed E-state index contributed by atoms with van der Waals surface area (Å²) in [5.41, 5.74) is -1.26. The number of imide groups is 1. The van der Waals surface area contributed by atoms with Gasteiger partial charge in [-0.15, -0.1) is 0 Å². The number of allylic oxidation sites excluding steroid dienone is 1. The average molecular weight is 516 g/mol. The molecule has 0 bridgehead atoms. The number of ketones is 1. The molecule has 1 aliphatic heterocycles. The van der Waals surface area contributed by atoms with Gasteiger partial charge in [0.1, 0.15) is 23.0 Å². The van der Waals surface area contributed by atoms with E-state index in [2.05, 4.69) is 0 Å². The Balaban J connectivity index is 2.00. The number of aliphatic hydroxyl groups is 1. The summed E-state index contributed by atoms with van der Waals surface area (Å²) in [7, 11) is 0. The zero-order valence-corrected chi connectivity index (χ0v) is 22.2. The molecule has 1 saturated heterocycles. The first-order valence-electron chi connectivity index (χ1n) is 12.0. The summed E-state index contributed by atoms with van der Waals surface area (Å²) >= 11 is 0. The molecule has 4 rings (SSSR count). The molecule has 7 heteroatoms. The monoisotopic (exact) mass is 515 g/mol. The topological polar surface area (TPSA) is 83.9 Å². The molecule has 2 amide bonds. The molecule has 3 aromatic rings. The number of nitrogens with zero attached hydrogens (tertiary/aromatic N) is 1. The van der Waals surface area contributed by atoms with Crippen LogP contribution in [0.3, 0.4) is 0 Å². The number of ether oxygens (including phenoxy) is 1. The third kappa shape index (κ3) is 5.03. The Hall–Kier alpha value is -3.89. The van der Waals surface area contributed by atoms with Crippen molar-refractivity contribution in [2.24, 2.45) is 0 Å². The maximum atomic E-state index is 13.4. The molecule has 3 aromatic carbocycles. The van der Waals surface area contributed by atoms with Gasteiger partial charge in [0.25, 0.3) is 5.91 Å². The van der Waals surface area contributed by atoms with Crippen LogP contribution in [0.25, 0.3) is 0 Å². The highest BCUT2D eigenvalue weighted by Gasteiger charge is 2.47. The molecule has 0 unspecified atom stereocenters. The van der Waals surface area contributed by atoms with E-state index >= 15 is 0 Å². The van der Waals surface area contributed by atoms with E-state index in [1.54, 1.807) is 26.6 Å². The Morgan fingerprint density at radius 1 is 0.838 bits per heavy atom. The van der Waals surface area contributed by atoms with E-state index in [9.17, 15) is 19.5 Å². The fourth-order valence-corrected chi connectivity index (χ4v) is 8.19. The summed E-state index contributed by atoms with van der Waals surface area (Å²) in [6, 6.07) is 28.1. The van der Waals surface area contributed by atoms with E-state index in [0.29, 0.717) is 0 Å². The van der Waals surface area contributed by atoms with E-state index in [1.807, 2.05) is 91.0 Å². The molecular weight excluding hydrogens is 485 g/mol. The Morgan fingerprint density at radius 3 is 1.62 bits per heavy atom. The summed E-state index contributed by atoms with van der Waals surface area (Å²) in [5, 5.41) is 14.3. The third-order valence-electron chi connectivity index (χ3n) is 6.10. The van der Waals surface area contributed by atoms with Gasteiger partial charge in [0, 0.05) is 0 Å². The number of likely N-dealkylation sites (tertiary alicyclic amines) is 1. The molecule has 1 fully saturated rings. The molecule has 0 radical (unpaired) electrons. The minimum Gasteiger partial charge on any atom is -0.507 e. The number of benzene rings is 3. The van der Waals surface area contributed by atoms with Gasteiger partial charge >= 0.3 is 6.09 Å². The normalized spacial score (nSPS) is 17.5. The fraction of sp³-hybridized carbons (Fsp3) is 0.200.